The summed E-state index contributed by atoms with van der Waals surface area (Å²) >= 11 is 1.36. The largest absolute Gasteiger partial charge is 0.351 e. The first-order valence-electron chi connectivity index (χ1n) is 8.29. The second-order valence-electron chi connectivity index (χ2n) is 6.81. The lowest BCUT2D eigenvalue weighted by Crippen LogP contribution is -2.41. The molecule has 7 heteroatoms. The number of carbonyl (C=O) groups excluding carboxylic acids is 1. The average molecular weight is 367 g/mol. The number of pyridine rings is 1. The van der Waals surface area contributed by atoms with E-state index in [4.69, 9.17) is 0 Å². The van der Waals surface area contributed by atoms with Gasteiger partial charge in [0, 0.05) is 29.2 Å². The standard InChI is InChI=1S/C19H21N5OS/c1-19(2,3)21-16(25)13-26-18-23-22-17(14-8-7-11-20-12-14)24(18)15-9-5-4-6-10-15/h4-12H,13H2,1-3H3,(H,21,25). The summed E-state index contributed by atoms with van der Waals surface area (Å²) in [6.45, 7) is 5.88. The van der Waals surface area contributed by atoms with E-state index in [-0.39, 0.29) is 17.2 Å². The molecule has 0 aliphatic rings. The van der Waals surface area contributed by atoms with Crippen molar-refractivity contribution < 1.29 is 4.79 Å². The van der Waals surface area contributed by atoms with Crippen molar-refractivity contribution in [3.63, 3.8) is 0 Å². The minimum absolute atomic E-state index is 0.0342. The molecule has 3 rings (SSSR count). The van der Waals surface area contributed by atoms with Crippen LogP contribution in [0, 0.1) is 0 Å². The Morgan fingerprint density at radius 3 is 2.54 bits per heavy atom. The third kappa shape index (κ3) is 4.49. The van der Waals surface area contributed by atoms with Crippen LogP contribution >= 0.6 is 11.8 Å². The molecule has 1 amide bonds. The van der Waals surface area contributed by atoms with Crippen molar-refractivity contribution in [2.75, 3.05) is 5.75 Å². The molecule has 2 aromatic heterocycles. The average Bonchev–Trinajstić information content (AvgIpc) is 3.04. The van der Waals surface area contributed by atoms with E-state index in [0.717, 1.165) is 11.3 Å². The molecule has 0 radical (unpaired) electrons. The Morgan fingerprint density at radius 2 is 1.88 bits per heavy atom. The van der Waals surface area contributed by atoms with Crippen LogP contribution in [0.3, 0.4) is 0 Å². The Balaban J connectivity index is 1.91. The number of para-hydroxylation sites is 1. The lowest BCUT2D eigenvalue weighted by atomic mass is 10.1. The van der Waals surface area contributed by atoms with Gasteiger partial charge >= 0.3 is 0 Å². The number of thioether (sulfide) groups is 1. The second-order valence-corrected chi connectivity index (χ2v) is 7.75. The number of rotatable bonds is 5. The number of hydrogen-bond acceptors (Lipinski definition) is 5. The van der Waals surface area contributed by atoms with Gasteiger partial charge in [-0.1, -0.05) is 30.0 Å². The highest BCUT2D eigenvalue weighted by molar-refractivity contribution is 7.99. The molecule has 0 atom stereocenters. The predicted molar refractivity (Wildman–Crippen MR) is 103 cm³/mol. The fourth-order valence-electron chi connectivity index (χ4n) is 2.44. The van der Waals surface area contributed by atoms with E-state index < -0.39 is 0 Å². The normalized spacial score (nSPS) is 11.3. The van der Waals surface area contributed by atoms with Crippen molar-refractivity contribution in [1.82, 2.24) is 25.1 Å². The first-order chi connectivity index (χ1) is 12.4. The molecule has 0 spiro atoms. The maximum atomic E-state index is 12.2. The van der Waals surface area contributed by atoms with Gasteiger partial charge in [0.15, 0.2) is 11.0 Å². The molecule has 134 valence electrons. The maximum absolute atomic E-state index is 12.2. The monoisotopic (exact) mass is 367 g/mol. The van der Waals surface area contributed by atoms with E-state index in [1.807, 2.05) is 67.8 Å². The van der Waals surface area contributed by atoms with Crippen molar-refractivity contribution in [3.05, 3.63) is 54.9 Å². The van der Waals surface area contributed by atoms with Gasteiger partial charge in [0.2, 0.25) is 5.91 Å². The summed E-state index contributed by atoms with van der Waals surface area (Å²) in [6, 6.07) is 13.7. The molecule has 0 bridgehead atoms. The number of amides is 1. The third-order valence-corrected chi connectivity index (χ3v) is 4.34. The molecule has 3 aromatic rings. The first-order valence-corrected chi connectivity index (χ1v) is 9.28. The van der Waals surface area contributed by atoms with E-state index >= 15 is 0 Å². The Labute approximate surface area is 157 Å². The zero-order chi connectivity index (χ0) is 18.6. The van der Waals surface area contributed by atoms with E-state index in [1.54, 1.807) is 12.4 Å². The quantitative estimate of drug-likeness (QED) is 0.700. The van der Waals surface area contributed by atoms with Gasteiger partial charge in [0.05, 0.1) is 5.75 Å². The fraction of sp³-hybridized carbons (Fsp3) is 0.263. The molecule has 1 N–H and O–H groups in total. The summed E-state index contributed by atoms with van der Waals surface area (Å²) in [6.07, 6.45) is 3.48. The summed E-state index contributed by atoms with van der Waals surface area (Å²) in [7, 11) is 0. The summed E-state index contributed by atoms with van der Waals surface area (Å²) in [4.78, 5) is 16.3. The molecular formula is C19H21N5OS. The van der Waals surface area contributed by atoms with Crippen molar-refractivity contribution in [2.45, 2.75) is 31.5 Å². The van der Waals surface area contributed by atoms with Crippen molar-refractivity contribution in [1.29, 1.82) is 0 Å². The maximum Gasteiger partial charge on any atom is 0.230 e. The van der Waals surface area contributed by atoms with Crippen LogP contribution in [0.1, 0.15) is 20.8 Å². The molecule has 26 heavy (non-hydrogen) atoms. The number of nitrogens with zero attached hydrogens (tertiary/aromatic N) is 4. The molecule has 0 aliphatic carbocycles. The van der Waals surface area contributed by atoms with E-state index in [2.05, 4.69) is 20.5 Å². The molecule has 2 heterocycles. The highest BCUT2D eigenvalue weighted by Gasteiger charge is 2.19. The van der Waals surface area contributed by atoms with Gasteiger partial charge in [-0.15, -0.1) is 10.2 Å². The number of benzene rings is 1. The lowest BCUT2D eigenvalue weighted by molar-refractivity contribution is -0.119. The summed E-state index contributed by atoms with van der Waals surface area (Å²) < 4.78 is 1.95. The van der Waals surface area contributed by atoms with Gasteiger partial charge in [0.25, 0.3) is 0 Å². The Hall–Kier alpha value is -2.67. The number of aromatic nitrogens is 4. The summed E-state index contributed by atoms with van der Waals surface area (Å²) in [5.41, 5.74) is 1.55. The zero-order valence-electron chi connectivity index (χ0n) is 15.0. The van der Waals surface area contributed by atoms with Crippen LogP contribution in [0.4, 0.5) is 0 Å². The van der Waals surface area contributed by atoms with E-state index in [0.29, 0.717) is 11.0 Å². The number of carbonyl (C=O) groups is 1. The van der Waals surface area contributed by atoms with Gasteiger partial charge < -0.3 is 5.32 Å². The van der Waals surface area contributed by atoms with Crippen LogP contribution < -0.4 is 5.32 Å². The first kappa shape index (κ1) is 18.1. The lowest BCUT2D eigenvalue weighted by Gasteiger charge is -2.20. The van der Waals surface area contributed by atoms with Crippen LogP contribution in [-0.2, 0) is 4.79 Å². The van der Waals surface area contributed by atoms with Crippen LogP contribution in [0.2, 0.25) is 0 Å². The predicted octanol–water partition coefficient (Wildman–Crippen LogP) is 3.34. The molecule has 0 saturated heterocycles. The summed E-state index contributed by atoms with van der Waals surface area (Å²) in [5, 5.41) is 12.3. The highest BCUT2D eigenvalue weighted by atomic mass is 32.2. The molecule has 1 aromatic carbocycles. The Bertz CT molecular complexity index is 872. The van der Waals surface area contributed by atoms with Gasteiger partial charge in [-0.25, -0.2) is 0 Å². The summed E-state index contributed by atoms with van der Waals surface area (Å²) in [5.74, 6) is 0.936. The van der Waals surface area contributed by atoms with Gasteiger partial charge in [-0.2, -0.15) is 0 Å². The van der Waals surface area contributed by atoms with Gasteiger partial charge in [-0.3, -0.25) is 14.3 Å². The van der Waals surface area contributed by atoms with Crippen LogP contribution in [-0.4, -0.2) is 36.9 Å². The minimum atomic E-state index is -0.258. The zero-order valence-corrected chi connectivity index (χ0v) is 15.8. The van der Waals surface area contributed by atoms with E-state index in [9.17, 15) is 4.79 Å². The molecule has 6 nitrogen and oxygen atoms in total. The Morgan fingerprint density at radius 1 is 1.12 bits per heavy atom. The minimum Gasteiger partial charge on any atom is -0.351 e. The van der Waals surface area contributed by atoms with Crippen LogP contribution in [0.15, 0.2) is 60.0 Å². The molecule has 0 saturated carbocycles. The van der Waals surface area contributed by atoms with Gasteiger partial charge in [0.1, 0.15) is 0 Å². The van der Waals surface area contributed by atoms with Crippen LogP contribution in [0.5, 0.6) is 0 Å². The second kappa shape index (κ2) is 7.70. The fourth-order valence-corrected chi connectivity index (χ4v) is 3.19. The highest BCUT2D eigenvalue weighted by Crippen LogP contribution is 2.27. The van der Waals surface area contributed by atoms with E-state index in [1.165, 1.54) is 11.8 Å². The van der Waals surface area contributed by atoms with Gasteiger partial charge in [-0.05, 0) is 45.0 Å². The molecule has 0 aliphatic heterocycles. The third-order valence-electron chi connectivity index (χ3n) is 3.41. The topological polar surface area (TPSA) is 72.7 Å². The Kier molecular flexibility index (Phi) is 5.37. The smallest absolute Gasteiger partial charge is 0.230 e. The molecule has 0 fully saturated rings. The number of nitrogens with one attached hydrogen (secondary N) is 1. The van der Waals surface area contributed by atoms with Crippen molar-refractivity contribution >= 4 is 17.7 Å². The van der Waals surface area contributed by atoms with Crippen LogP contribution in [0.25, 0.3) is 17.1 Å². The van der Waals surface area contributed by atoms with Crippen molar-refractivity contribution in [2.24, 2.45) is 0 Å². The SMILES string of the molecule is CC(C)(C)NC(=O)CSc1nnc(-c2cccnc2)n1-c1ccccc1. The molecular weight excluding hydrogens is 346 g/mol. The molecule has 0 unspecified atom stereocenters. The van der Waals surface area contributed by atoms with Crippen molar-refractivity contribution in [3.8, 4) is 17.1 Å². The number of hydrogen-bond donors (Lipinski definition) is 1.